The number of aliphatic hydroxyl groups excluding tert-OH is 2. The molecule has 2 amide bonds. The van der Waals surface area contributed by atoms with Crippen LogP contribution in [0.5, 0.6) is 0 Å². The van der Waals surface area contributed by atoms with Gasteiger partial charge in [0.25, 0.3) is 0 Å². The maximum absolute atomic E-state index is 14.1. The van der Waals surface area contributed by atoms with E-state index >= 15 is 0 Å². The van der Waals surface area contributed by atoms with Gasteiger partial charge < -0.3 is 65.9 Å². The number of ether oxygens (including phenoxy) is 4. The van der Waals surface area contributed by atoms with Gasteiger partial charge in [0.15, 0.2) is 29.7 Å². The molecule has 2 saturated heterocycles. The number of Topliss-reactive ketones (excluding diaryl/α,β-unsaturated/α-hetero) is 1. The van der Waals surface area contributed by atoms with Gasteiger partial charge >= 0.3 is 33.6 Å². The molecule has 11 atom stereocenters. The first-order chi connectivity index (χ1) is 36.2. The average molecular weight is 1140 g/mol. The van der Waals surface area contributed by atoms with Crippen molar-refractivity contribution < 1.29 is 103 Å². The summed E-state index contributed by atoms with van der Waals surface area (Å²) in [6, 6.07) is 10.3. The summed E-state index contributed by atoms with van der Waals surface area (Å²) < 4.78 is 130. The first-order valence-electron chi connectivity index (χ1n) is 22.4. The van der Waals surface area contributed by atoms with Gasteiger partial charge in [-0.15, -0.1) is 0 Å². The van der Waals surface area contributed by atoms with E-state index in [1.54, 1.807) is 0 Å². The molecule has 35 heteroatoms. The van der Waals surface area contributed by atoms with E-state index in [0.717, 1.165) is 29.5 Å². The molecule has 7 rings (SSSR count). The van der Waals surface area contributed by atoms with Crippen molar-refractivity contribution in [2.75, 3.05) is 43.2 Å². The Labute approximate surface area is 429 Å². The van der Waals surface area contributed by atoms with Crippen LogP contribution in [0.15, 0.2) is 78.2 Å². The number of benzene rings is 2. The number of nitrogens with zero attached hydrogens (tertiary/aromatic N) is 6. The number of aliphatic hydroxyl groups is 2. The average Bonchev–Trinajstić information content (AvgIpc) is 4.05. The highest BCUT2D eigenvalue weighted by Crippen LogP contribution is 2.50. The number of phosphoric acid groups is 2. The van der Waals surface area contributed by atoms with E-state index in [0.29, 0.717) is 21.4 Å². The maximum Gasteiger partial charge on any atom is 0.472 e. The van der Waals surface area contributed by atoms with Crippen LogP contribution in [0.3, 0.4) is 0 Å². The summed E-state index contributed by atoms with van der Waals surface area (Å²) in [5, 5.41) is 27.8. The molecule has 2 aromatic carbocycles. The molecule has 28 nitrogen and oxygen atoms in total. The Morgan fingerprint density at radius 1 is 0.857 bits per heavy atom. The number of hydrogen-bond acceptors (Lipinski definition) is 21. The van der Waals surface area contributed by atoms with Crippen molar-refractivity contribution in [2.24, 2.45) is 5.92 Å². The van der Waals surface area contributed by atoms with Crippen molar-refractivity contribution >= 4 is 61.9 Å². The number of halogens is 5. The number of alkyl halides is 4. The molecule has 2 unspecified atom stereocenters. The molecule has 11 N–H and O–H groups in total. The number of rotatable bonds is 23. The molecule has 2 aliphatic heterocycles. The van der Waals surface area contributed by atoms with E-state index in [1.165, 1.54) is 48.5 Å². The number of anilines is 3. The van der Waals surface area contributed by atoms with Crippen LogP contribution in [0.25, 0.3) is 11.2 Å². The predicted octanol–water partition coefficient (Wildman–Crippen LogP) is 1.48. The van der Waals surface area contributed by atoms with Gasteiger partial charge in [0.05, 0.1) is 45.3 Å². The summed E-state index contributed by atoms with van der Waals surface area (Å²) in [6.45, 7) is -5.42. The number of alkyl carbamates (subject to hydrolysis) is 1. The Balaban J connectivity index is 1.07. The molecule has 5 heterocycles. The summed E-state index contributed by atoms with van der Waals surface area (Å²) in [4.78, 5) is 97.7. The third-order valence-electron chi connectivity index (χ3n) is 11.6. The Morgan fingerprint density at radius 2 is 1.52 bits per heavy atom. The van der Waals surface area contributed by atoms with Crippen LogP contribution in [0.2, 0.25) is 0 Å². The minimum absolute atomic E-state index is 0.0139. The molecule has 0 spiro atoms. The molecule has 2 fully saturated rings. The van der Waals surface area contributed by atoms with Crippen molar-refractivity contribution in [3.05, 3.63) is 101 Å². The smallest absolute Gasteiger partial charge is 0.445 e. The predicted molar refractivity (Wildman–Crippen MR) is 248 cm³/mol. The first-order valence-corrected chi connectivity index (χ1v) is 25.5. The minimum Gasteiger partial charge on any atom is -0.445 e. The molecule has 3 aromatic heterocycles. The van der Waals surface area contributed by atoms with E-state index in [2.05, 4.69) is 35.1 Å². The van der Waals surface area contributed by atoms with Crippen LogP contribution in [0.1, 0.15) is 30.0 Å². The molecule has 2 aliphatic rings. The van der Waals surface area contributed by atoms with Crippen molar-refractivity contribution in [1.82, 2.24) is 34.4 Å². The van der Waals surface area contributed by atoms with E-state index in [1.807, 2.05) is 0 Å². The lowest BCUT2D eigenvalue weighted by Crippen LogP contribution is -2.46. The molecule has 0 radical (unpaired) electrons. The Morgan fingerprint density at radius 3 is 2.19 bits per heavy atom. The quantitative estimate of drug-likeness (QED) is 0.0330. The third kappa shape index (κ3) is 15.4. The van der Waals surface area contributed by atoms with Crippen molar-refractivity contribution in [1.29, 1.82) is 0 Å². The zero-order valence-electron chi connectivity index (χ0n) is 39.3. The van der Waals surface area contributed by atoms with Crippen molar-refractivity contribution in [2.45, 2.75) is 80.8 Å². The Bertz CT molecular complexity index is 3050. The number of carbonyl (C=O) groups excluding carboxylic acids is 3. The third-order valence-corrected chi connectivity index (χ3v) is 13.1. The highest BCUT2D eigenvalue weighted by Gasteiger charge is 2.52. The Kier molecular flexibility index (Phi) is 18.5. The molecular weight excluding hydrogens is 1090 g/mol. The number of nitrogens with two attached hydrogens (primary N) is 2. The molecule has 0 aliphatic carbocycles. The van der Waals surface area contributed by atoms with E-state index in [-0.39, 0.29) is 29.2 Å². The van der Waals surface area contributed by atoms with E-state index in [9.17, 15) is 75.2 Å². The SMILES string of the molecule is Nc1ccn([C@@H]2O[C@H](COP(=O)(O)O)[C@@H](OP(=O)(O)OC[C@H]3O[C@@H](n4cnc5c(N)ncnc54)[C@H](O)[C@@H]3CC(=O)[C@H](COCC(F)C(F)(F)F)NC(=O)OCc3ccc(NC(=O)Cc4ccc(F)cc4)cc3)[C@H]2O)c(=O)n1. The number of phosphoric ester groups is 2. The minimum atomic E-state index is -5.58. The molecule has 418 valence electrons. The number of carbonyl (C=O) groups is 3. The van der Waals surface area contributed by atoms with Crippen molar-refractivity contribution in [3.63, 3.8) is 0 Å². The molecular formula is C42H47F5N10O18P2. The number of hydrogen-bond donors (Lipinski definition) is 9. The standard InChI is InChI=1S/C42H47F5N10O18P2/c43-22-5-1-20(2-6-22)11-31(59)53-23-7-3-21(4-8-23)13-70-41(63)54-25(14-69-17-29(44)42(45,46)47)26(58)12-24-27(73-38(33(24)60)57-19-52-32-36(49)50-18-51-37(32)57)15-72-77(67,68)75-35-28(16-71-76(64,65)66)74-39(34(35)61)56-10-9-30(48)55-40(56)62/h1-10,18-19,24-25,27-29,33-35,38-39,60-61H,11-17H2,(H,53,59)(H,54,63)(H,67,68)(H2,48,55,62)(H2,49,50,51)(H2,64,65,66)/t24-,25+,27-,28-,29?,33-,34-,35-,38-,39-/m1/s1. The number of nitrogens with one attached hydrogen (secondary N) is 2. The van der Waals surface area contributed by atoms with Crippen LogP contribution >= 0.6 is 15.6 Å². The summed E-state index contributed by atoms with van der Waals surface area (Å²) in [5.41, 5.74) is 11.5. The molecule has 0 bridgehead atoms. The van der Waals surface area contributed by atoms with Crippen LogP contribution in [-0.4, -0.2) is 147 Å². The second kappa shape index (κ2) is 24.5. The summed E-state index contributed by atoms with van der Waals surface area (Å²) in [6.07, 6.45) is -21.0. The number of aromatic nitrogens is 6. The fourth-order valence-electron chi connectivity index (χ4n) is 7.83. The number of nitrogen functional groups attached to an aromatic ring is 2. The van der Waals surface area contributed by atoms with Crippen LogP contribution in [0.4, 0.5) is 44.1 Å². The maximum atomic E-state index is 14.1. The topological polar surface area (TPSA) is 406 Å². The van der Waals surface area contributed by atoms with Gasteiger partial charge in [0.1, 0.15) is 60.5 Å². The van der Waals surface area contributed by atoms with Gasteiger partial charge in [-0.2, -0.15) is 18.2 Å². The monoisotopic (exact) mass is 1140 g/mol. The van der Waals surface area contributed by atoms with Gasteiger partial charge in [-0.1, -0.05) is 24.3 Å². The van der Waals surface area contributed by atoms with Gasteiger partial charge in [-0.3, -0.25) is 32.3 Å². The lowest BCUT2D eigenvalue weighted by molar-refractivity contribution is -0.194. The van der Waals surface area contributed by atoms with E-state index in [4.69, 9.17) is 39.5 Å². The van der Waals surface area contributed by atoms with Crippen LogP contribution in [0, 0.1) is 11.7 Å². The lowest BCUT2D eigenvalue weighted by Gasteiger charge is -2.25. The largest absolute Gasteiger partial charge is 0.472 e. The highest BCUT2D eigenvalue weighted by molar-refractivity contribution is 7.47. The van der Waals surface area contributed by atoms with Gasteiger partial charge in [0.2, 0.25) is 12.1 Å². The molecule has 5 aromatic rings. The number of fused-ring (bicyclic) bond motifs is 1. The van der Waals surface area contributed by atoms with Gasteiger partial charge in [-0.05, 0) is 41.5 Å². The Hall–Kier alpha value is -6.45. The van der Waals surface area contributed by atoms with Gasteiger partial charge in [-0.25, -0.2) is 42.5 Å². The number of amides is 2. The second-order valence-electron chi connectivity index (χ2n) is 17.1. The fourth-order valence-corrected chi connectivity index (χ4v) is 9.14. The number of ketones is 1. The summed E-state index contributed by atoms with van der Waals surface area (Å²) in [7, 11) is -10.8. The van der Waals surface area contributed by atoms with Crippen molar-refractivity contribution in [3.8, 4) is 0 Å². The number of imidazole rings is 1. The normalized spacial score (nSPS) is 23.3. The summed E-state index contributed by atoms with van der Waals surface area (Å²) in [5.74, 6) is -3.96. The van der Waals surface area contributed by atoms with E-state index < -0.39 is 152 Å². The summed E-state index contributed by atoms with van der Waals surface area (Å²) >= 11 is 0. The first kappa shape index (κ1) is 58.2. The zero-order chi connectivity index (χ0) is 56.0. The lowest BCUT2D eigenvalue weighted by atomic mass is 9.90. The zero-order valence-corrected chi connectivity index (χ0v) is 41.1. The molecule has 77 heavy (non-hydrogen) atoms. The van der Waals surface area contributed by atoms with Crippen LogP contribution < -0.4 is 27.8 Å². The van der Waals surface area contributed by atoms with Crippen LogP contribution in [-0.2, 0) is 64.3 Å². The van der Waals surface area contributed by atoms with Gasteiger partial charge in [0, 0.05) is 24.2 Å². The fraction of sp³-hybridized carbons (Fsp3) is 0.429. The molecule has 0 saturated carbocycles. The second-order valence-corrected chi connectivity index (χ2v) is 19.7. The highest BCUT2D eigenvalue weighted by atomic mass is 31.2.